The molecule has 0 saturated heterocycles. The van der Waals surface area contributed by atoms with Crippen molar-refractivity contribution in [2.45, 2.75) is 77.6 Å². The van der Waals surface area contributed by atoms with Crippen molar-refractivity contribution in [2.75, 3.05) is 0 Å². The molecule has 0 aliphatic rings. The number of carboxylic acid groups (broad SMARTS) is 1. The van der Waals surface area contributed by atoms with Crippen LogP contribution in [0, 0.1) is 5.92 Å². The third-order valence-corrected chi connectivity index (χ3v) is 4.31. The van der Waals surface area contributed by atoms with Crippen LogP contribution in [0.1, 0.15) is 77.6 Å². The first kappa shape index (κ1) is 25.9. The van der Waals surface area contributed by atoms with E-state index in [1.54, 1.807) is 5.48 Å². The standard InChI is InChI=1S/C23H37NO4/c1-2-3-4-5-6-7-8-9-10-11-12-13-14-16-21(17-15-18-23(26)27)19-20-22(25)24-28/h6-7,9-10,12-14,16,21,28H,2-5,8,11,15,17-20H2,1H3,(H,24,25)(H,26,27)/b7-6-,10-9-,13-12-,16-14+. The van der Waals surface area contributed by atoms with Gasteiger partial charge in [-0.2, -0.15) is 0 Å². The first-order valence-corrected chi connectivity index (χ1v) is 10.4. The zero-order valence-corrected chi connectivity index (χ0v) is 17.2. The second-order valence-electron chi connectivity index (χ2n) is 6.84. The number of carbonyl (C=O) groups excluding carboxylic acids is 1. The second-order valence-corrected chi connectivity index (χ2v) is 6.84. The van der Waals surface area contributed by atoms with E-state index >= 15 is 0 Å². The third kappa shape index (κ3) is 18.6. The van der Waals surface area contributed by atoms with Gasteiger partial charge in [0.25, 0.3) is 0 Å². The zero-order chi connectivity index (χ0) is 20.9. The molecule has 0 radical (unpaired) electrons. The minimum absolute atomic E-state index is 0.120. The van der Waals surface area contributed by atoms with Crippen LogP contribution in [0.3, 0.4) is 0 Å². The van der Waals surface area contributed by atoms with Crippen molar-refractivity contribution in [1.82, 2.24) is 5.48 Å². The normalized spacial score (nSPS) is 13.2. The molecule has 3 N–H and O–H groups in total. The van der Waals surface area contributed by atoms with Crippen LogP contribution in [-0.4, -0.2) is 22.2 Å². The number of nitrogens with one attached hydrogen (secondary N) is 1. The monoisotopic (exact) mass is 391 g/mol. The summed E-state index contributed by atoms with van der Waals surface area (Å²) < 4.78 is 0. The molecule has 0 bridgehead atoms. The molecule has 0 rings (SSSR count). The molecule has 5 nitrogen and oxygen atoms in total. The number of carbonyl (C=O) groups is 2. The molecule has 0 fully saturated rings. The Morgan fingerprint density at radius 2 is 1.61 bits per heavy atom. The van der Waals surface area contributed by atoms with E-state index in [0.29, 0.717) is 19.3 Å². The molecule has 0 aromatic rings. The van der Waals surface area contributed by atoms with Gasteiger partial charge in [-0.05, 0) is 50.9 Å². The fourth-order valence-electron chi connectivity index (χ4n) is 2.68. The first-order chi connectivity index (χ1) is 13.6. The predicted molar refractivity (Wildman–Crippen MR) is 114 cm³/mol. The molecule has 0 heterocycles. The van der Waals surface area contributed by atoms with Gasteiger partial charge in [-0.15, -0.1) is 0 Å². The minimum atomic E-state index is -0.807. The van der Waals surface area contributed by atoms with Gasteiger partial charge >= 0.3 is 5.97 Å². The summed E-state index contributed by atoms with van der Waals surface area (Å²) in [4.78, 5) is 21.8. The average molecular weight is 392 g/mol. The Kier molecular flexibility index (Phi) is 18.1. The molecule has 0 aromatic carbocycles. The molecule has 1 atom stereocenters. The molecule has 0 spiro atoms. The van der Waals surface area contributed by atoms with E-state index in [-0.39, 0.29) is 18.8 Å². The Labute approximate surface area is 169 Å². The van der Waals surface area contributed by atoms with Crippen molar-refractivity contribution in [3.8, 4) is 0 Å². The van der Waals surface area contributed by atoms with Gasteiger partial charge in [0, 0.05) is 12.8 Å². The highest BCUT2D eigenvalue weighted by molar-refractivity contribution is 5.74. The Hall–Kier alpha value is -2.14. The van der Waals surface area contributed by atoms with Gasteiger partial charge in [0.2, 0.25) is 5.91 Å². The minimum Gasteiger partial charge on any atom is -0.481 e. The maximum atomic E-state index is 11.2. The van der Waals surface area contributed by atoms with Crippen LogP contribution in [-0.2, 0) is 9.59 Å². The lowest BCUT2D eigenvalue weighted by Gasteiger charge is -2.11. The van der Waals surface area contributed by atoms with Crippen LogP contribution in [0.5, 0.6) is 0 Å². The number of amides is 1. The van der Waals surface area contributed by atoms with Crippen LogP contribution < -0.4 is 5.48 Å². The highest BCUT2D eigenvalue weighted by Gasteiger charge is 2.09. The molecule has 0 saturated carbocycles. The van der Waals surface area contributed by atoms with Gasteiger partial charge in [-0.1, -0.05) is 68.4 Å². The molecule has 0 aromatic heterocycles. The maximum Gasteiger partial charge on any atom is 0.303 e. The van der Waals surface area contributed by atoms with Gasteiger partial charge in [-0.3, -0.25) is 14.8 Å². The Morgan fingerprint density at radius 1 is 0.893 bits per heavy atom. The number of aliphatic carboxylic acids is 1. The molecule has 158 valence electrons. The van der Waals surface area contributed by atoms with Gasteiger partial charge in [-0.25, -0.2) is 5.48 Å². The maximum absolute atomic E-state index is 11.2. The van der Waals surface area contributed by atoms with Crippen LogP contribution in [0.15, 0.2) is 48.6 Å². The van der Waals surface area contributed by atoms with Crippen LogP contribution in [0.2, 0.25) is 0 Å². The van der Waals surface area contributed by atoms with Gasteiger partial charge in [0.15, 0.2) is 0 Å². The number of hydrogen-bond acceptors (Lipinski definition) is 3. The quantitative estimate of drug-likeness (QED) is 0.0971. The van der Waals surface area contributed by atoms with Crippen molar-refractivity contribution in [2.24, 2.45) is 5.92 Å². The number of hydrogen-bond donors (Lipinski definition) is 3. The van der Waals surface area contributed by atoms with E-state index in [4.69, 9.17) is 10.3 Å². The van der Waals surface area contributed by atoms with Crippen molar-refractivity contribution in [3.05, 3.63) is 48.6 Å². The highest BCUT2D eigenvalue weighted by Crippen LogP contribution is 2.17. The summed E-state index contributed by atoms with van der Waals surface area (Å²) in [7, 11) is 0. The SMILES string of the molecule is CCCCC/C=C\C/C=C\C/C=C\C=C\C(CCCC(=O)O)CCC(=O)NO. The van der Waals surface area contributed by atoms with E-state index in [2.05, 4.69) is 37.3 Å². The lowest BCUT2D eigenvalue weighted by molar-refractivity contribution is -0.137. The first-order valence-electron chi connectivity index (χ1n) is 10.4. The Balaban J connectivity index is 4.12. The molecule has 0 aliphatic heterocycles. The summed E-state index contributed by atoms with van der Waals surface area (Å²) in [5.41, 5.74) is 1.63. The number of allylic oxidation sites excluding steroid dienone is 8. The third-order valence-electron chi connectivity index (χ3n) is 4.31. The summed E-state index contributed by atoms with van der Waals surface area (Å²) >= 11 is 0. The summed E-state index contributed by atoms with van der Waals surface area (Å²) in [5, 5.41) is 17.3. The number of hydroxylamine groups is 1. The van der Waals surface area contributed by atoms with Crippen molar-refractivity contribution < 1.29 is 19.9 Å². The van der Waals surface area contributed by atoms with Crippen molar-refractivity contribution in [3.63, 3.8) is 0 Å². The molecular formula is C23H37NO4. The van der Waals surface area contributed by atoms with Crippen molar-refractivity contribution >= 4 is 11.9 Å². The lowest BCUT2D eigenvalue weighted by atomic mass is 9.96. The average Bonchev–Trinajstić information content (AvgIpc) is 2.68. The van der Waals surface area contributed by atoms with Gasteiger partial charge in [0.1, 0.15) is 0 Å². The fourth-order valence-corrected chi connectivity index (χ4v) is 2.68. The van der Waals surface area contributed by atoms with Crippen LogP contribution in [0.25, 0.3) is 0 Å². The smallest absolute Gasteiger partial charge is 0.303 e. The number of carboxylic acids is 1. The van der Waals surface area contributed by atoms with Gasteiger partial charge < -0.3 is 5.11 Å². The summed E-state index contributed by atoms with van der Waals surface area (Å²) in [6, 6.07) is 0. The summed E-state index contributed by atoms with van der Waals surface area (Å²) in [6.07, 6.45) is 25.8. The molecule has 0 aliphatic carbocycles. The van der Waals surface area contributed by atoms with Crippen LogP contribution in [0.4, 0.5) is 0 Å². The number of unbranched alkanes of at least 4 members (excludes halogenated alkanes) is 3. The predicted octanol–water partition coefficient (Wildman–Crippen LogP) is 5.73. The second kappa shape index (κ2) is 19.6. The zero-order valence-electron chi connectivity index (χ0n) is 17.2. The van der Waals surface area contributed by atoms with Gasteiger partial charge in [0.05, 0.1) is 0 Å². The van der Waals surface area contributed by atoms with E-state index < -0.39 is 11.9 Å². The molecule has 1 amide bonds. The van der Waals surface area contributed by atoms with E-state index in [0.717, 1.165) is 12.8 Å². The molecule has 1 unspecified atom stereocenters. The Morgan fingerprint density at radius 3 is 2.29 bits per heavy atom. The molecule has 5 heteroatoms. The highest BCUT2D eigenvalue weighted by atomic mass is 16.5. The van der Waals surface area contributed by atoms with Crippen LogP contribution >= 0.6 is 0 Å². The number of rotatable bonds is 17. The largest absolute Gasteiger partial charge is 0.481 e. The summed E-state index contributed by atoms with van der Waals surface area (Å²) in [5.74, 6) is -1.11. The fraction of sp³-hybridized carbons (Fsp3) is 0.565. The van der Waals surface area contributed by atoms with E-state index in [9.17, 15) is 9.59 Å². The molecule has 28 heavy (non-hydrogen) atoms. The topological polar surface area (TPSA) is 86.6 Å². The van der Waals surface area contributed by atoms with Crippen molar-refractivity contribution in [1.29, 1.82) is 0 Å². The van der Waals surface area contributed by atoms with E-state index in [1.807, 2.05) is 18.2 Å². The molecular weight excluding hydrogens is 354 g/mol. The van der Waals surface area contributed by atoms with E-state index in [1.165, 1.54) is 25.7 Å². The summed E-state index contributed by atoms with van der Waals surface area (Å²) in [6.45, 7) is 2.21. The lowest BCUT2D eigenvalue weighted by Crippen LogP contribution is -2.19. The Bertz CT molecular complexity index is 521.